The van der Waals surface area contributed by atoms with Crippen molar-refractivity contribution in [1.82, 2.24) is 4.98 Å². The van der Waals surface area contributed by atoms with Crippen LogP contribution >= 0.6 is 22.7 Å². The van der Waals surface area contributed by atoms with Crippen LogP contribution in [0.3, 0.4) is 0 Å². The summed E-state index contributed by atoms with van der Waals surface area (Å²) in [5, 5.41) is 4.83. The Morgan fingerprint density at radius 1 is 1.10 bits per heavy atom. The van der Waals surface area contributed by atoms with E-state index >= 15 is 0 Å². The number of hydrogen-bond donors (Lipinski definition) is 2. The molecular formula is C19H15N3O4S3. The van der Waals surface area contributed by atoms with Crippen LogP contribution in [-0.2, 0) is 10.0 Å². The molecule has 4 aromatic rings. The number of fused-ring (bicyclic) bond motifs is 1. The largest absolute Gasteiger partial charge is 0.497 e. The van der Waals surface area contributed by atoms with E-state index in [2.05, 4.69) is 15.0 Å². The average Bonchev–Trinajstić information content (AvgIpc) is 3.37. The molecule has 10 heteroatoms. The number of ether oxygens (including phenoxy) is 1. The van der Waals surface area contributed by atoms with E-state index in [0.29, 0.717) is 10.9 Å². The number of nitrogens with zero attached hydrogens (tertiary/aromatic N) is 1. The van der Waals surface area contributed by atoms with Crippen LogP contribution in [0.15, 0.2) is 64.2 Å². The molecular weight excluding hydrogens is 430 g/mol. The number of carbonyl (C=O) groups is 1. The molecule has 0 aliphatic carbocycles. The number of benzene rings is 2. The number of carbonyl (C=O) groups excluding carboxylic acids is 1. The molecule has 0 saturated carbocycles. The van der Waals surface area contributed by atoms with Gasteiger partial charge in [0.25, 0.3) is 15.9 Å². The van der Waals surface area contributed by atoms with Crippen molar-refractivity contribution in [1.29, 1.82) is 0 Å². The lowest BCUT2D eigenvalue weighted by Gasteiger charge is -2.11. The maximum absolute atomic E-state index is 12.8. The summed E-state index contributed by atoms with van der Waals surface area (Å²) in [6.45, 7) is 0. The summed E-state index contributed by atoms with van der Waals surface area (Å²) in [7, 11) is -2.18. The Labute approximate surface area is 175 Å². The Kier molecular flexibility index (Phi) is 5.22. The predicted molar refractivity (Wildman–Crippen MR) is 116 cm³/mol. The summed E-state index contributed by atoms with van der Waals surface area (Å²) in [4.78, 5) is 17.2. The van der Waals surface area contributed by atoms with Gasteiger partial charge in [-0.3, -0.25) is 14.8 Å². The van der Waals surface area contributed by atoms with E-state index in [0.717, 1.165) is 21.6 Å². The minimum Gasteiger partial charge on any atom is -0.497 e. The lowest BCUT2D eigenvalue weighted by molar-refractivity contribution is 0.102. The van der Waals surface area contributed by atoms with Crippen LogP contribution in [0.4, 0.5) is 10.8 Å². The van der Waals surface area contributed by atoms with Crippen LogP contribution in [0.1, 0.15) is 10.4 Å². The van der Waals surface area contributed by atoms with Crippen LogP contribution in [0, 0.1) is 0 Å². The second-order valence-electron chi connectivity index (χ2n) is 5.89. The first-order chi connectivity index (χ1) is 14.0. The zero-order valence-electron chi connectivity index (χ0n) is 15.1. The standard InChI is InChI=1S/C19H15N3O4S3/c1-26-12-8-9-15-16(11-12)28-19(20-15)21-18(23)13-5-2-3-6-14(13)22-29(24,25)17-7-4-10-27-17/h2-11,22H,1H3,(H,20,21,23). The van der Waals surface area contributed by atoms with Crippen molar-refractivity contribution in [2.24, 2.45) is 0 Å². The van der Waals surface area contributed by atoms with E-state index in [4.69, 9.17) is 4.74 Å². The average molecular weight is 446 g/mol. The van der Waals surface area contributed by atoms with Gasteiger partial charge in [-0.05, 0) is 41.8 Å². The van der Waals surface area contributed by atoms with E-state index < -0.39 is 15.9 Å². The third kappa shape index (κ3) is 4.09. The number of thiophene rings is 1. The molecule has 0 atom stereocenters. The SMILES string of the molecule is COc1ccc2nc(NC(=O)c3ccccc3NS(=O)(=O)c3cccs3)sc2c1. The van der Waals surface area contributed by atoms with Gasteiger partial charge < -0.3 is 4.74 Å². The van der Waals surface area contributed by atoms with Crippen LogP contribution in [0.25, 0.3) is 10.2 Å². The molecule has 7 nitrogen and oxygen atoms in total. The van der Waals surface area contributed by atoms with Gasteiger partial charge in [0.2, 0.25) is 0 Å². The lowest BCUT2D eigenvalue weighted by atomic mass is 10.2. The molecule has 0 aliphatic rings. The fourth-order valence-electron chi connectivity index (χ4n) is 2.63. The number of hydrogen-bond acceptors (Lipinski definition) is 7. The van der Waals surface area contributed by atoms with Crippen LogP contribution < -0.4 is 14.8 Å². The molecule has 0 saturated heterocycles. The third-order valence-electron chi connectivity index (χ3n) is 3.99. The topological polar surface area (TPSA) is 97.4 Å². The minimum absolute atomic E-state index is 0.174. The van der Waals surface area contributed by atoms with E-state index in [1.165, 1.54) is 17.4 Å². The summed E-state index contributed by atoms with van der Waals surface area (Å²) in [5.74, 6) is 0.243. The maximum atomic E-state index is 12.8. The molecule has 2 N–H and O–H groups in total. The van der Waals surface area contributed by atoms with E-state index in [9.17, 15) is 13.2 Å². The monoisotopic (exact) mass is 445 g/mol. The van der Waals surface area contributed by atoms with Gasteiger partial charge in [-0.2, -0.15) is 0 Å². The molecule has 2 heterocycles. The second kappa shape index (κ2) is 7.82. The molecule has 0 aliphatic heterocycles. The highest BCUT2D eigenvalue weighted by atomic mass is 32.2. The fourth-order valence-corrected chi connectivity index (χ4v) is 5.59. The Balaban J connectivity index is 1.60. The molecule has 148 valence electrons. The Hall–Kier alpha value is -2.95. The zero-order valence-corrected chi connectivity index (χ0v) is 17.5. The zero-order chi connectivity index (χ0) is 20.4. The van der Waals surface area contributed by atoms with Gasteiger partial charge in [-0.1, -0.05) is 29.5 Å². The van der Waals surface area contributed by atoms with Crippen LogP contribution in [0.5, 0.6) is 5.75 Å². The summed E-state index contributed by atoms with van der Waals surface area (Å²) in [5.41, 5.74) is 1.13. The number of para-hydroxylation sites is 1. The Morgan fingerprint density at radius 2 is 1.93 bits per heavy atom. The minimum atomic E-state index is -3.77. The van der Waals surface area contributed by atoms with Crippen molar-refractivity contribution >= 4 is 59.6 Å². The van der Waals surface area contributed by atoms with Gasteiger partial charge in [-0.25, -0.2) is 13.4 Å². The highest BCUT2D eigenvalue weighted by Gasteiger charge is 2.20. The third-order valence-corrected chi connectivity index (χ3v) is 7.69. The van der Waals surface area contributed by atoms with Gasteiger partial charge in [0.1, 0.15) is 9.96 Å². The maximum Gasteiger partial charge on any atom is 0.271 e. The summed E-state index contributed by atoms with van der Waals surface area (Å²) < 4.78 is 33.8. The van der Waals surface area contributed by atoms with Crippen molar-refractivity contribution in [2.45, 2.75) is 4.21 Å². The first kappa shape index (κ1) is 19.4. The van der Waals surface area contributed by atoms with Gasteiger partial charge in [-0.15, -0.1) is 11.3 Å². The number of rotatable bonds is 6. The van der Waals surface area contributed by atoms with Crippen molar-refractivity contribution in [3.63, 3.8) is 0 Å². The number of amides is 1. The summed E-state index contributed by atoms with van der Waals surface area (Å²) >= 11 is 2.41. The van der Waals surface area contributed by atoms with Crippen molar-refractivity contribution in [3.8, 4) is 5.75 Å². The van der Waals surface area contributed by atoms with Crippen LogP contribution in [0.2, 0.25) is 0 Å². The van der Waals surface area contributed by atoms with Gasteiger partial charge in [0.05, 0.1) is 28.6 Å². The first-order valence-corrected chi connectivity index (χ1v) is 11.6. The van der Waals surface area contributed by atoms with Crippen molar-refractivity contribution in [3.05, 3.63) is 65.5 Å². The fraction of sp³-hybridized carbons (Fsp3) is 0.0526. The number of anilines is 2. The van der Waals surface area contributed by atoms with Crippen molar-refractivity contribution in [2.75, 3.05) is 17.1 Å². The molecule has 4 rings (SSSR count). The van der Waals surface area contributed by atoms with E-state index in [1.54, 1.807) is 48.9 Å². The molecule has 1 amide bonds. The molecule has 0 spiro atoms. The predicted octanol–water partition coefficient (Wildman–Crippen LogP) is 4.42. The van der Waals surface area contributed by atoms with E-state index in [-0.39, 0.29) is 15.5 Å². The van der Waals surface area contributed by atoms with Crippen LogP contribution in [-0.4, -0.2) is 26.4 Å². The highest BCUT2D eigenvalue weighted by Crippen LogP contribution is 2.30. The summed E-state index contributed by atoms with van der Waals surface area (Å²) in [6, 6.07) is 15.0. The second-order valence-corrected chi connectivity index (χ2v) is 9.78. The summed E-state index contributed by atoms with van der Waals surface area (Å²) in [6.07, 6.45) is 0. The first-order valence-electron chi connectivity index (χ1n) is 8.37. The smallest absolute Gasteiger partial charge is 0.271 e. The molecule has 0 unspecified atom stereocenters. The van der Waals surface area contributed by atoms with Gasteiger partial charge in [0.15, 0.2) is 5.13 Å². The number of sulfonamides is 1. The number of nitrogens with one attached hydrogen (secondary N) is 2. The molecule has 0 fully saturated rings. The number of thiazole rings is 1. The van der Waals surface area contributed by atoms with Gasteiger partial charge >= 0.3 is 0 Å². The number of methoxy groups -OCH3 is 1. The van der Waals surface area contributed by atoms with Crippen molar-refractivity contribution < 1.29 is 17.9 Å². The van der Waals surface area contributed by atoms with Gasteiger partial charge in [0, 0.05) is 0 Å². The Morgan fingerprint density at radius 3 is 2.69 bits per heavy atom. The molecule has 0 bridgehead atoms. The number of aromatic nitrogens is 1. The highest BCUT2D eigenvalue weighted by molar-refractivity contribution is 7.94. The lowest BCUT2D eigenvalue weighted by Crippen LogP contribution is -2.18. The molecule has 0 radical (unpaired) electrons. The normalized spacial score (nSPS) is 11.3. The Bertz CT molecular complexity index is 1280. The molecule has 29 heavy (non-hydrogen) atoms. The quantitative estimate of drug-likeness (QED) is 0.458. The molecule has 2 aromatic heterocycles. The van der Waals surface area contributed by atoms with E-state index in [1.807, 2.05) is 12.1 Å². The molecule has 2 aromatic carbocycles.